The number of amides is 1. The number of benzene rings is 1. The van der Waals surface area contributed by atoms with Gasteiger partial charge in [0.15, 0.2) is 5.17 Å². The number of thioether (sulfide) groups is 1. The smallest absolute Gasteiger partial charge is 0.382 e. The lowest BCUT2D eigenvalue weighted by molar-refractivity contribution is -0.140. The van der Waals surface area contributed by atoms with Crippen LogP contribution in [0, 0.1) is 0 Å². The highest BCUT2D eigenvalue weighted by molar-refractivity contribution is 8.14. The Morgan fingerprint density at radius 2 is 1.87 bits per heavy atom. The zero-order chi connectivity index (χ0) is 22.2. The van der Waals surface area contributed by atoms with Gasteiger partial charge in [-0.15, -0.1) is 0 Å². The standard InChI is InChI=1S/C20H21ClF3N5OS/c21-10-1-6-14-13(7-10)15(8-17(28-14)20(22,23)24)26-11-2-4-12(5-3-11)27-18(30)16-9-31-19(25)29-16/h1,6-8,11-12,16H,2-5,9H2,(H2,25,29)(H,26,28)(H,27,30). The molecule has 1 aliphatic heterocycles. The van der Waals surface area contributed by atoms with Gasteiger partial charge in [0.2, 0.25) is 5.91 Å². The summed E-state index contributed by atoms with van der Waals surface area (Å²) in [5.41, 5.74) is 5.27. The first kappa shape index (κ1) is 22.0. The fourth-order valence-electron chi connectivity index (χ4n) is 3.89. The molecule has 0 bridgehead atoms. The number of nitrogens with zero attached hydrogens (tertiary/aromatic N) is 2. The van der Waals surface area contributed by atoms with Crippen molar-refractivity contribution in [1.82, 2.24) is 10.3 Å². The SMILES string of the molecule is NC1=NC(C(=O)NC2CCC(Nc3cc(C(F)(F)F)nc4ccc(Cl)cc34)CC2)CS1. The largest absolute Gasteiger partial charge is 0.433 e. The summed E-state index contributed by atoms with van der Waals surface area (Å²) in [4.78, 5) is 20.2. The Morgan fingerprint density at radius 1 is 1.16 bits per heavy atom. The van der Waals surface area contributed by atoms with Crippen LogP contribution in [0.3, 0.4) is 0 Å². The number of halogens is 4. The predicted molar refractivity (Wildman–Crippen MR) is 117 cm³/mol. The van der Waals surface area contributed by atoms with Gasteiger partial charge < -0.3 is 16.4 Å². The molecule has 2 heterocycles. The lowest BCUT2D eigenvalue weighted by atomic mass is 9.90. The Labute approximate surface area is 186 Å². The Kier molecular flexibility index (Phi) is 6.20. The van der Waals surface area contributed by atoms with Crippen LogP contribution in [-0.2, 0) is 11.0 Å². The number of aliphatic imine (C=N–C) groups is 1. The fraction of sp³-hybridized carbons (Fsp3) is 0.450. The number of fused-ring (bicyclic) bond motifs is 1. The molecule has 2 aliphatic rings. The molecule has 1 unspecified atom stereocenters. The number of pyridine rings is 1. The van der Waals surface area contributed by atoms with Crippen LogP contribution in [0.25, 0.3) is 10.9 Å². The summed E-state index contributed by atoms with van der Waals surface area (Å²) in [6.07, 6.45) is -1.68. The second-order valence-corrected chi connectivity index (χ2v) is 9.19. The summed E-state index contributed by atoms with van der Waals surface area (Å²) in [6.45, 7) is 0. The molecule has 31 heavy (non-hydrogen) atoms. The summed E-state index contributed by atoms with van der Waals surface area (Å²) in [7, 11) is 0. The van der Waals surface area contributed by atoms with E-state index in [0.717, 1.165) is 18.9 Å². The molecule has 1 saturated carbocycles. The van der Waals surface area contributed by atoms with E-state index < -0.39 is 17.9 Å². The summed E-state index contributed by atoms with van der Waals surface area (Å²) in [5, 5.41) is 7.66. The molecule has 11 heteroatoms. The molecule has 1 aromatic carbocycles. The number of aromatic nitrogens is 1. The lowest BCUT2D eigenvalue weighted by Crippen LogP contribution is -2.44. The third-order valence-corrected chi connectivity index (χ3v) is 6.59. The maximum atomic E-state index is 13.3. The van der Waals surface area contributed by atoms with Crippen LogP contribution in [0.15, 0.2) is 29.3 Å². The molecule has 2 aromatic rings. The monoisotopic (exact) mass is 471 g/mol. The van der Waals surface area contributed by atoms with Gasteiger partial charge in [0.05, 0.1) is 5.52 Å². The molecule has 166 valence electrons. The molecule has 1 aliphatic carbocycles. The second-order valence-electron chi connectivity index (χ2n) is 7.71. The summed E-state index contributed by atoms with van der Waals surface area (Å²) in [5.74, 6) is 0.419. The van der Waals surface area contributed by atoms with Gasteiger partial charge in [-0.05, 0) is 49.9 Å². The molecule has 4 rings (SSSR count). The van der Waals surface area contributed by atoms with Gasteiger partial charge in [-0.25, -0.2) is 9.98 Å². The average molecular weight is 472 g/mol. The van der Waals surface area contributed by atoms with Crippen LogP contribution in [0.1, 0.15) is 31.4 Å². The molecular formula is C20H21ClF3N5OS. The molecule has 0 spiro atoms. The number of hydrogen-bond acceptors (Lipinski definition) is 6. The summed E-state index contributed by atoms with van der Waals surface area (Å²) in [6, 6.07) is 5.21. The van der Waals surface area contributed by atoms with Crippen molar-refractivity contribution in [2.45, 2.75) is 50.0 Å². The van der Waals surface area contributed by atoms with Crippen molar-refractivity contribution in [3.8, 4) is 0 Å². The topological polar surface area (TPSA) is 92.4 Å². The van der Waals surface area contributed by atoms with Crippen LogP contribution in [-0.4, -0.2) is 39.9 Å². The highest BCUT2D eigenvalue weighted by Gasteiger charge is 2.34. The normalized spacial score (nSPS) is 24.1. The van der Waals surface area contributed by atoms with Crippen molar-refractivity contribution >= 4 is 51.0 Å². The minimum atomic E-state index is -4.55. The molecule has 6 nitrogen and oxygen atoms in total. The van der Waals surface area contributed by atoms with Crippen LogP contribution < -0.4 is 16.4 Å². The molecule has 1 amide bonds. The Hall–Kier alpha value is -2.20. The van der Waals surface area contributed by atoms with E-state index in [1.165, 1.54) is 23.9 Å². The number of alkyl halides is 3. The van der Waals surface area contributed by atoms with Crippen molar-refractivity contribution < 1.29 is 18.0 Å². The highest BCUT2D eigenvalue weighted by atomic mass is 35.5. The van der Waals surface area contributed by atoms with E-state index in [9.17, 15) is 18.0 Å². The van der Waals surface area contributed by atoms with Crippen molar-refractivity contribution in [3.05, 3.63) is 35.0 Å². The predicted octanol–water partition coefficient (Wildman–Crippen LogP) is 4.18. The van der Waals surface area contributed by atoms with Crippen molar-refractivity contribution in [2.24, 2.45) is 10.7 Å². The quantitative estimate of drug-likeness (QED) is 0.622. The number of carbonyl (C=O) groups is 1. The molecule has 1 aromatic heterocycles. The maximum Gasteiger partial charge on any atom is 0.433 e. The van der Waals surface area contributed by atoms with E-state index in [1.807, 2.05) is 0 Å². The fourth-order valence-corrected chi connectivity index (χ4v) is 4.82. The van der Waals surface area contributed by atoms with Crippen molar-refractivity contribution in [3.63, 3.8) is 0 Å². The van der Waals surface area contributed by atoms with E-state index >= 15 is 0 Å². The zero-order valence-corrected chi connectivity index (χ0v) is 17.9. The van der Waals surface area contributed by atoms with Gasteiger partial charge in [-0.3, -0.25) is 4.79 Å². The minimum Gasteiger partial charge on any atom is -0.382 e. The summed E-state index contributed by atoms with van der Waals surface area (Å²) >= 11 is 7.42. The minimum absolute atomic E-state index is 0.0157. The lowest BCUT2D eigenvalue weighted by Gasteiger charge is -2.31. The van der Waals surface area contributed by atoms with Crippen LogP contribution in [0.4, 0.5) is 18.9 Å². The number of nitrogens with one attached hydrogen (secondary N) is 2. The van der Waals surface area contributed by atoms with Gasteiger partial charge in [-0.2, -0.15) is 13.2 Å². The molecule has 0 saturated heterocycles. The number of amidine groups is 1. The van der Waals surface area contributed by atoms with Gasteiger partial charge in [0, 0.05) is 33.9 Å². The number of carbonyl (C=O) groups excluding carboxylic acids is 1. The van der Waals surface area contributed by atoms with Gasteiger partial charge in [0.25, 0.3) is 0 Å². The first-order valence-electron chi connectivity index (χ1n) is 9.89. The number of anilines is 1. The zero-order valence-electron chi connectivity index (χ0n) is 16.4. The average Bonchev–Trinajstić information content (AvgIpc) is 3.15. The highest BCUT2D eigenvalue weighted by Crippen LogP contribution is 2.35. The number of hydrogen-bond donors (Lipinski definition) is 3. The molecule has 1 fully saturated rings. The molecular weight excluding hydrogens is 451 g/mol. The second kappa shape index (κ2) is 8.74. The Bertz CT molecular complexity index is 1020. The van der Waals surface area contributed by atoms with E-state index in [1.54, 1.807) is 6.07 Å². The van der Waals surface area contributed by atoms with Gasteiger partial charge in [0.1, 0.15) is 11.7 Å². The van der Waals surface area contributed by atoms with Crippen molar-refractivity contribution in [1.29, 1.82) is 0 Å². The van der Waals surface area contributed by atoms with E-state index in [-0.39, 0.29) is 23.5 Å². The molecule has 0 radical (unpaired) electrons. The van der Waals surface area contributed by atoms with E-state index in [2.05, 4.69) is 20.6 Å². The first-order chi connectivity index (χ1) is 14.7. The third-order valence-electron chi connectivity index (χ3n) is 5.47. The van der Waals surface area contributed by atoms with Gasteiger partial charge in [-0.1, -0.05) is 23.4 Å². The van der Waals surface area contributed by atoms with Crippen LogP contribution >= 0.6 is 23.4 Å². The van der Waals surface area contributed by atoms with E-state index in [0.29, 0.717) is 39.9 Å². The number of nitrogens with two attached hydrogens (primary N) is 1. The molecule has 1 atom stereocenters. The third kappa shape index (κ3) is 5.17. The first-order valence-corrected chi connectivity index (χ1v) is 11.3. The Morgan fingerprint density at radius 3 is 2.52 bits per heavy atom. The summed E-state index contributed by atoms with van der Waals surface area (Å²) < 4.78 is 39.9. The Balaban J connectivity index is 1.43. The maximum absolute atomic E-state index is 13.3. The van der Waals surface area contributed by atoms with Gasteiger partial charge >= 0.3 is 6.18 Å². The van der Waals surface area contributed by atoms with Crippen LogP contribution in [0.2, 0.25) is 5.02 Å². The van der Waals surface area contributed by atoms with E-state index in [4.69, 9.17) is 17.3 Å². The molecule has 4 N–H and O–H groups in total. The van der Waals surface area contributed by atoms with Crippen LogP contribution in [0.5, 0.6) is 0 Å². The number of rotatable bonds is 4. The van der Waals surface area contributed by atoms with Crippen molar-refractivity contribution in [2.75, 3.05) is 11.1 Å².